The number of hydrogen-bond acceptors (Lipinski definition) is 4. The highest BCUT2D eigenvalue weighted by molar-refractivity contribution is 5.79. The number of para-hydroxylation sites is 1. The van der Waals surface area contributed by atoms with Crippen molar-refractivity contribution in [3.63, 3.8) is 0 Å². The highest BCUT2D eigenvalue weighted by Gasteiger charge is 2.36. The van der Waals surface area contributed by atoms with Crippen molar-refractivity contribution in [2.45, 2.75) is 25.3 Å². The second kappa shape index (κ2) is 9.44. The lowest BCUT2D eigenvalue weighted by Crippen LogP contribution is -2.58. The van der Waals surface area contributed by atoms with Gasteiger partial charge in [0, 0.05) is 38.1 Å². The smallest absolute Gasteiger partial charge is 0.224 e. The Morgan fingerprint density at radius 3 is 2.52 bits per heavy atom. The Balaban J connectivity index is 1.39. The Bertz CT molecular complexity index is 978. The van der Waals surface area contributed by atoms with Crippen LogP contribution in [0.3, 0.4) is 0 Å². The van der Waals surface area contributed by atoms with Gasteiger partial charge in [0.25, 0.3) is 0 Å². The largest absolute Gasteiger partial charge is 0.370 e. The first-order chi connectivity index (χ1) is 15.0. The van der Waals surface area contributed by atoms with Gasteiger partial charge in [-0.1, -0.05) is 18.2 Å². The summed E-state index contributed by atoms with van der Waals surface area (Å²) in [7, 11) is 0. The fourth-order valence-corrected chi connectivity index (χ4v) is 4.60. The van der Waals surface area contributed by atoms with Crippen molar-refractivity contribution in [1.82, 2.24) is 10.6 Å². The predicted molar refractivity (Wildman–Crippen MR) is 114 cm³/mol. The van der Waals surface area contributed by atoms with E-state index in [1.54, 1.807) is 0 Å². The summed E-state index contributed by atoms with van der Waals surface area (Å²) in [6, 6.07) is 13.5. The van der Waals surface area contributed by atoms with E-state index in [2.05, 4.69) is 21.6 Å². The van der Waals surface area contributed by atoms with Crippen molar-refractivity contribution < 1.29 is 13.6 Å². The number of nitriles is 1. The number of carbonyl (C=O) groups is 1. The zero-order valence-corrected chi connectivity index (χ0v) is 17.3. The molecule has 0 radical (unpaired) electrons. The lowest BCUT2D eigenvalue weighted by Gasteiger charge is -2.43. The summed E-state index contributed by atoms with van der Waals surface area (Å²) in [6.07, 6.45) is 1.88. The Morgan fingerprint density at radius 1 is 1.13 bits per heavy atom. The number of anilines is 1. The number of piperidine rings is 1. The highest BCUT2D eigenvalue weighted by Crippen LogP contribution is 2.30. The molecule has 0 aromatic heterocycles. The number of rotatable bonds is 6. The number of carbonyl (C=O) groups excluding carboxylic acids is 1. The molecule has 1 unspecified atom stereocenters. The minimum atomic E-state index is -0.935. The molecule has 0 aliphatic carbocycles. The molecular formula is C24H26F2N4O. The number of nitrogens with one attached hydrogen (secondary N) is 2. The van der Waals surface area contributed by atoms with Crippen LogP contribution in [-0.4, -0.2) is 38.1 Å². The standard InChI is InChI=1S/C24H26F2N4O/c25-20-6-5-16(11-21(20)26)12-23(31)29-24(19-14-28-15-19)17-7-9-30(10-8-17)22-4-2-1-3-18(22)13-27/h1-6,11,17,19,24,28H,7-10,12,14-15H2,(H,29,31). The average Bonchev–Trinajstić information content (AvgIpc) is 2.75. The first-order valence-electron chi connectivity index (χ1n) is 10.7. The summed E-state index contributed by atoms with van der Waals surface area (Å²) in [5.41, 5.74) is 2.11. The fourth-order valence-electron chi connectivity index (χ4n) is 4.60. The van der Waals surface area contributed by atoms with E-state index >= 15 is 0 Å². The molecule has 2 saturated heterocycles. The predicted octanol–water partition coefficient (Wildman–Crippen LogP) is 3.00. The minimum absolute atomic E-state index is 0.0300. The van der Waals surface area contributed by atoms with Crippen LogP contribution in [0.5, 0.6) is 0 Å². The van der Waals surface area contributed by atoms with Crippen LogP contribution >= 0.6 is 0 Å². The topological polar surface area (TPSA) is 68.2 Å². The third kappa shape index (κ3) is 4.86. The third-order valence-electron chi connectivity index (χ3n) is 6.41. The Kier molecular flexibility index (Phi) is 6.47. The van der Waals surface area contributed by atoms with Crippen molar-refractivity contribution in [1.29, 1.82) is 5.26 Å². The van der Waals surface area contributed by atoms with Crippen LogP contribution in [0.15, 0.2) is 42.5 Å². The molecule has 31 heavy (non-hydrogen) atoms. The van der Waals surface area contributed by atoms with Gasteiger partial charge in [-0.15, -0.1) is 0 Å². The molecule has 2 aliphatic heterocycles. The molecule has 2 aromatic carbocycles. The molecule has 1 atom stereocenters. The maximum Gasteiger partial charge on any atom is 0.224 e. The molecular weight excluding hydrogens is 398 g/mol. The molecule has 1 amide bonds. The number of nitrogens with zero attached hydrogens (tertiary/aromatic N) is 2. The highest BCUT2D eigenvalue weighted by atomic mass is 19.2. The van der Waals surface area contributed by atoms with Gasteiger partial charge in [-0.05, 0) is 48.6 Å². The number of benzene rings is 2. The molecule has 2 aliphatic rings. The second-order valence-electron chi connectivity index (χ2n) is 8.39. The van der Waals surface area contributed by atoms with Gasteiger partial charge in [0.15, 0.2) is 11.6 Å². The summed E-state index contributed by atoms with van der Waals surface area (Å²) < 4.78 is 26.6. The molecule has 2 heterocycles. The Labute approximate surface area is 181 Å². The van der Waals surface area contributed by atoms with E-state index < -0.39 is 11.6 Å². The number of amides is 1. The number of hydrogen-bond donors (Lipinski definition) is 2. The van der Waals surface area contributed by atoms with Crippen molar-refractivity contribution in [2.75, 3.05) is 31.1 Å². The van der Waals surface area contributed by atoms with Gasteiger partial charge in [-0.3, -0.25) is 4.79 Å². The molecule has 2 aromatic rings. The molecule has 4 rings (SSSR count). The summed E-state index contributed by atoms with van der Waals surface area (Å²) in [5.74, 6) is -1.30. The van der Waals surface area contributed by atoms with Crippen LogP contribution in [0.25, 0.3) is 0 Å². The van der Waals surface area contributed by atoms with E-state index in [0.29, 0.717) is 23.0 Å². The fraction of sp³-hybridized carbons (Fsp3) is 0.417. The first-order valence-corrected chi connectivity index (χ1v) is 10.7. The SMILES string of the molecule is N#Cc1ccccc1N1CCC(C(NC(=O)Cc2ccc(F)c(F)c2)C2CNC2)CC1. The van der Waals surface area contributed by atoms with Gasteiger partial charge in [-0.25, -0.2) is 8.78 Å². The van der Waals surface area contributed by atoms with Gasteiger partial charge in [0.1, 0.15) is 6.07 Å². The van der Waals surface area contributed by atoms with Crippen LogP contribution in [0.4, 0.5) is 14.5 Å². The summed E-state index contributed by atoms with van der Waals surface area (Å²) in [6.45, 7) is 3.40. The Hall–Kier alpha value is -2.98. The van der Waals surface area contributed by atoms with E-state index in [9.17, 15) is 18.8 Å². The van der Waals surface area contributed by atoms with Crippen LogP contribution < -0.4 is 15.5 Å². The molecule has 0 spiro atoms. The molecule has 162 valence electrons. The summed E-state index contributed by atoms with van der Waals surface area (Å²) >= 11 is 0. The minimum Gasteiger partial charge on any atom is -0.370 e. The monoisotopic (exact) mass is 424 g/mol. The average molecular weight is 424 g/mol. The number of halogens is 2. The van der Waals surface area contributed by atoms with Gasteiger partial charge < -0.3 is 15.5 Å². The lowest BCUT2D eigenvalue weighted by molar-refractivity contribution is -0.122. The zero-order valence-electron chi connectivity index (χ0n) is 17.3. The van der Waals surface area contributed by atoms with Crippen molar-refractivity contribution >= 4 is 11.6 Å². The third-order valence-corrected chi connectivity index (χ3v) is 6.41. The van der Waals surface area contributed by atoms with Crippen molar-refractivity contribution in [2.24, 2.45) is 11.8 Å². The Morgan fingerprint density at radius 2 is 1.87 bits per heavy atom. The molecule has 5 nitrogen and oxygen atoms in total. The van der Waals surface area contributed by atoms with E-state index in [0.717, 1.165) is 56.8 Å². The van der Waals surface area contributed by atoms with Crippen LogP contribution in [-0.2, 0) is 11.2 Å². The molecule has 0 saturated carbocycles. The van der Waals surface area contributed by atoms with E-state index in [4.69, 9.17) is 0 Å². The van der Waals surface area contributed by atoms with Crippen molar-refractivity contribution in [3.05, 3.63) is 65.2 Å². The maximum atomic E-state index is 13.5. The normalized spacial score (nSPS) is 18.2. The molecule has 0 bridgehead atoms. The van der Waals surface area contributed by atoms with E-state index in [1.165, 1.54) is 6.07 Å². The summed E-state index contributed by atoms with van der Waals surface area (Å²) in [4.78, 5) is 14.9. The van der Waals surface area contributed by atoms with Gasteiger partial charge in [0.05, 0.1) is 17.7 Å². The molecule has 7 heteroatoms. The summed E-state index contributed by atoms with van der Waals surface area (Å²) in [5, 5.41) is 15.8. The molecule has 2 fully saturated rings. The maximum absolute atomic E-state index is 13.5. The molecule has 2 N–H and O–H groups in total. The first kappa shape index (κ1) is 21.3. The van der Waals surface area contributed by atoms with Crippen LogP contribution in [0.2, 0.25) is 0 Å². The van der Waals surface area contributed by atoms with Crippen molar-refractivity contribution in [3.8, 4) is 6.07 Å². The van der Waals surface area contributed by atoms with Gasteiger partial charge >= 0.3 is 0 Å². The lowest BCUT2D eigenvalue weighted by atomic mass is 9.79. The van der Waals surface area contributed by atoms with Gasteiger partial charge in [0.2, 0.25) is 5.91 Å². The van der Waals surface area contributed by atoms with E-state index in [-0.39, 0.29) is 18.4 Å². The van der Waals surface area contributed by atoms with E-state index in [1.807, 2.05) is 24.3 Å². The van der Waals surface area contributed by atoms with Gasteiger partial charge in [-0.2, -0.15) is 5.26 Å². The quantitative estimate of drug-likeness (QED) is 0.748. The second-order valence-corrected chi connectivity index (χ2v) is 8.39. The van der Waals surface area contributed by atoms with Crippen LogP contribution in [0.1, 0.15) is 24.0 Å². The zero-order chi connectivity index (χ0) is 21.8. The van der Waals surface area contributed by atoms with Crippen LogP contribution in [0, 0.1) is 34.8 Å².